The van der Waals surface area contributed by atoms with E-state index < -0.39 is 0 Å². The van der Waals surface area contributed by atoms with Crippen LogP contribution in [0.25, 0.3) is 16.9 Å². The van der Waals surface area contributed by atoms with E-state index in [9.17, 15) is 4.79 Å². The topological polar surface area (TPSA) is 59.8 Å². The average molecular weight is 340 g/mol. The van der Waals surface area contributed by atoms with Gasteiger partial charge in [-0.25, -0.2) is 4.68 Å². The third kappa shape index (κ3) is 3.10. The summed E-state index contributed by atoms with van der Waals surface area (Å²) in [6, 6.07) is 23.5. The Morgan fingerprint density at radius 3 is 2.38 bits per heavy atom. The van der Waals surface area contributed by atoms with E-state index >= 15 is 0 Å². The van der Waals surface area contributed by atoms with Gasteiger partial charge in [0.15, 0.2) is 6.29 Å². The highest BCUT2D eigenvalue weighted by atomic mass is 16.1. The van der Waals surface area contributed by atoms with E-state index in [4.69, 9.17) is 5.10 Å². The summed E-state index contributed by atoms with van der Waals surface area (Å²) in [4.78, 5) is 15.4. The van der Waals surface area contributed by atoms with Crippen LogP contribution in [0.5, 0.6) is 0 Å². The molecule has 0 aliphatic carbocycles. The van der Waals surface area contributed by atoms with Crippen molar-refractivity contribution in [2.24, 2.45) is 0 Å². The number of nitrogens with zero attached hydrogens (tertiary/aromatic N) is 3. The summed E-state index contributed by atoms with van der Waals surface area (Å²) in [5, 5.41) is 8.04. The molecule has 4 rings (SSSR count). The van der Waals surface area contributed by atoms with Crippen molar-refractivity contribution in [1.82, 2.24) is 14.8 Å². The van der Waals surface area contributed by atoms with E-state index in [1.54, 1.807) is 18.5 Å². The molecule has 0 saturated heterocycles. The molecule has 0 unspecified atom stereocenters. The van der Waals surface area contributed by atoms with Gasteiger partial charge in [0, 0.05) is 23.4 Å². The maximum absolute atomic E-state index is 11.3. The predicted octanol–water partition coefficient (Wildman–Crippen LogP) is 4.49. The molecule has 26 heavy (non-hydrogen) atoms. The van der Waals surface area contributed by atoms with E-state index in [0.717, 1.165) is 29.0 Å². The number of aromatic nitrogens is 3. The van der Waals surface area contributed by atoms with Crippen LogP contribution in [0.2, 0.25) is 0 Å². The minimum absolute atomic E-state index is 0.544. The van der Waals surface area contributed by atoms with Crippen molar-refractivity contribution in [2.45, 2.75) is 0 Å². The second kappa shape index (κ2) is 7.03. The van der Waals surface area contributed by atoms with Gasteiger partial charge in [0.25, 0.3) is 0 Å². The maximum Gasteiger partial charge on any atom is 0.152 e. The number of hydrogen-bond acceptors (Lipinski definition) is 4. The standard InChI is InChI=1S/C21H16N4O/c26-15-17-11-12-22-14-20(17)23-21-13-19(16-7-3-1-4-8-16)24-25(21)18-9-5-2-6-10-18/h1-15,23H. The Labute approximate surface area is 151 Å². The van der Waals surface area contributed by atoms with Crippen molar-refractivity contribution in [1.29, 1.82) is 0 Å². The highest BCUT2D eigenvalue weighted by Gasteiger charge is 2.13. The van der Waals surface area contributed by atoms with Crippen molar-refractivity contribution in [3.63, 3.8) is 0 Å². The van der Waals surface area contributed by atoms with Gasteiger partial charge in [-0.05, 0) is 18.2 Å². The number of carbonyl (C=O) groups excluding carboxylic acids is 1. The number of para-hydroxylation sites is 1. The number of nitrogens with one attached hydrogen (secondary N) is 1. The van der Waals surface area contributed by atoms with Crippen LogP contribution in [0.1, 0.15) is 10.4 Å². The second-order valence-corrected chi connectivity index (χ2v) is 5.73. The smallest absolute Gasteiger partial charge is 0.152 e. The number of benzene rings is 2. The number of aldehydes is 1. The molecule has 0 fully saturated rings. The van der Waals surface area contributed by atoms with Crippen LogP contribution in [-0.4, -0.2) is 21.1 Å². The largest absolute Gasteiger partial charge is 0.338 e. The zero-order valence-electron chi connectivity index (χ0n) is 13.9. The molecule has 0 saturated carbocycles. The molecule has 0 aliphatic heterocycles. The summed E-state index contributed by atoms with van der Waals surface area (Å²) in [7, 11) is 0. The molecule has 2 aromatic heterocycles. The van der Waals surface area contributed by atoms with Crippen LogP contribution < -0.4 is 5.32 Å². The highest BCUT2D eigenvalue weighted by molar-refractivity contribution is 5.85. The Morgan fingerprint density at radius 2 is 1.65 bits per heavy atom. The molecule has 5 heteroatoms. The Morgan fingerprint density at radius 1 is 0.923 bits per heavy atom. The minimum Gasteiger partial charge on any atom is -0.338 e. The Hall–Kier alpha value is -3.73. The molecule has 126 valence electrons. The lowest BCUT2D eigenvalue weighted by molar-refractivity contribution is 0.112. The molecular weight excluding hydrogens is 324 g/mol. The zero-order chi connectivity index (χ0) is 17.8. The van der Waals surface area contributed by atoms with E-state index in [1.807, 2.05) is 71.4 Å². The number of anilines is 2. The van der Waals surface area contributed by atoms with Crippen LogP contribution in [0, 0.1) is 0 Å². The van der Waals surface area contributed by atoms with Crippen molar-refractivity contribution in [3.8, 4) is 16.9 Å². The molecule has 0 spiro atoms. The van der Waals surface area contributed by atoms with Crippen molar-refractivity contribution >= 4 is 17.8 Å². The number of rotatable bonds is 5. The first-order chi connectivity index (χ1) is 12.8. The lowest BCUT2D eigenvalue weighted by Crippen LogP contribution is -2.04. The highest BCUT2D eigenvalue weighted by Crippen LogP contribution is 2.27. The molecule has 0 radical (unpaired) electrons. The molecule has 4 aromatic rings. The Bertz CT molecular complexity index is 1030. The third-order valence-corrected chi connectivity index (χ3v) is 4.02. The minimum atomic E-state index is 0.544. The van der Waals surface area contributed by atoms with Crippen LogP contribution in [0.3, 0.4) is 0 Å². The summed E-state index contributed by atoms with van der Waals surface area (Å²) >= 11 is 0. The summed E-state index contributed by atoms with van der Waals surface area (Å²) < 4.78 is 1.82. The first-order valence-electron chi connectivity index (χ1n) is 8.22. The predicted molar refractivity (Wildman–Crippen MR) is 102 cm³/mol. The van der Waals surface area contributed by atoms with Gasteiger partial charge >= 0.3 is 0 Å². The molecule has 2 aromatic carbocycles. The molecule has 5 nitrogen and oxygen atoms in total. The van der Waals surface area contributed by atoms with Gasteiger partial charge in [0.2, 0.25) is 0 Å². The van der Waals surface area contributed by atoms with Crippen LogP contribution in [0.15, 0.2) is 85.2 Å². The van der Waals surface area contributed by atoms with Gasteiger partial charge in [0.05, 0.1) is 23.3 Å². The SMILES string of the molecule is O=Cc1ccncc1Nc1cc(-c2ccccc2)nn1-c1ccccc1. The van der Waals surface area contributed by atoms with Crippen molar-refractivity contribution in [2.75, 3.05) is 5.32 Å². The molecule has 0 aliphatic rings. The van der Waals surface area contributed by atoms with Gasteiger partial charge in [-0.1, -0.05) is 48.5 Å². The van der Waals surface area contributed by atoms with Gasteiger partial charge in [-0.15, -0.1) is 0 Å². The Kier molecular flexibility index (Phi) is 4.26. The van der Waals surface area contributed by atoms with E-state index in [-0.39, 0.29) is 0 Å². The van der Waals surface area contributed by atoms with Crippen LogP contribution in [0.4, 0.5) is 11.5 Å². The van der Waals surface area contributed by atoms with E-state index in [2.05, 4.69) is 10.3 Å². The fourth-order valence-electron chi connectivity index (χ4n) is 2.74. The van der Waals surface area contributed by atoms with Gasteiger partial charge in [0.1, 0.15) is 5.82 Å². The van der Waals surface area contributed by atoms with Crippen molar-refractivity contribution in [3.05, 3.63) is 90.8 Å². The monoisotopic (exact) mass is 340 g/mol. The van der Waals surface area contributed by atoms with E-state index in [0.29, 0.717) is 11.3 Å². The molecule has 1 N–H and O–H groups in total. The molecule has 0 atom stereocenters. The lowest BCUT2D eigenvalue weighted by atomic mass is 10.1. The fraction of sp³-hybridized carbons (Fsp3) is 0. The molecule has 0 amide bonds. The lowest BCUT2D eigenvalue weighted by Gasteiger charge is -2.10. The normalized spacial score (nSPS) is 10.5. The fourth-order valence-corrected chi connectivity index (χ4v) is 2.74. The molecule has 2 heterocycles. The van der Waals surface area contributed by atoms with E-state index in [1.165, 1.54) is 0 Å². The van der Waals surface area contributed by atoms with Gasteiger partial charge in [-0.2, -0.15) is 5.10 Å². The summed E-state index contributed by atoms with van der Waals surface area (Å²) in [5.41, 5.74) is 3.97. The summed E-state index contributed by atoms with van der Waals surface area (Å²) in [6.45, 7) is 0. The van der Waals surface area contributed by atoms with Gasteiger partial charge in [-0.3, -0.25) is 9.78 Å². The number of carbonyl (C=O) groups is 1. The first-order valence-corrected chi connectivity index (χ1v) is 8.22. The quantitative estimate of drug-likeness (QED) is 0.544. The molecular formula is C21H16N4O. The zero-order valence-corrected chi connectivity index (χ0v) is 13.9. The maximum atomic E-state index is 11.3. The Balaban J connectivity index is 1.82. The average Bonchev–Trinajstić information content (AvgIpc) is 3.13. The molecule has 0 bridgehead atoms. The second-order valence-electron chi connectivity index (χ2n) is 5.73. The number of pyridine rings is 1. The van der Waals surface area contributed by atoms with Crippen LogP contribution in [-0.2, 0) is 0 Å². The summed E-state index contributed by atoms with van der Waals surface area (Å²) in [5.74, 6) is 0.756. The van der Waals surface area contributed by atoms with Crippen LogP contribution >= 0.6 is 0 Å². The van der Waals surface area contributed by atoms with Crippen molar-refractivity contribution < 1.29 is 4.79 Å². The first kappa shape index (κ1) is 15.8. The number of hydrogen-bond donors (Lipinski definition) is 1. The third-order valence-electron chi connectivity index (χ3n) is 4.02. The summed E-state index contributed by atoms with van der Waals surface area (Å²) in [6.07, 6.45) is 4.04. The van der Waals surface area contributed by atoms with Gasteiger partial charge < -0.3 is 5.32 Å².